The second-order valence-electron chi connectivity index (χ2n) is 5.09. The van der Waals surface area contributed by atoms with Gasteiger partial charge in [-0.25, -0.2) is 0 Å². The minimum absolute atomic E-state index is 0.219. The molecule has 1 aromatic carbocycles. The van der Waals surface area contributed by atoms with Crippen molar-refractivity contribution in [2.75, 3.05) is 6.61 Å². The lowest BCUT2D eigenvalue weighted by atomic mass is 9.91. The molecular weight excluding hydrogens is 200 g/mol. The maximum atomic E-state index is 12.1. The Hall–Kier alpha value is -1.15. The van der Waals surface area contributed by atoms with E-state index < -0.39 is 0 Å². The van der Waals surface area contributed by atoms with Crippen LogP contribution >= 0.6 is 0 Å². The number of hydrogen-bond donors (Lipinski definition) is 0. The largest absolute Gasteiger partial charge is 0.365 e. The second kappa shape index (κ2) is 4.02. The van der Waals surface area contributed by atoms with Gasteiger partial charge in [0.1, 0.15) is 5.60 Å². The number of hydrogen-bond acceptors (Lipinski definition) is 2. The van der Waals surface area contributed by atoms with Crippen LogP contribution in [-0.4, -0.2) is 12.4 Å². The predicted molar refractivity (Wildman–Crippen MR) is 63.5 cm³/mol. The summed E-state index contributed by atoms with van der Waals surface area (Å²) in [5, 5.41) is 0. The summed E-state index contributed by atoms with van der Waals surface area (Å²) in [6, 6.07) is 7.80. The Labute approximate surface area is 96.6 Å². The molecule has 1 aromatic rings. The van der Waals surface area contributed by atoms with E-state index in [9.17, 15) is 4.79 Å². The lowest BCUT2D eigenvalue weighted by molar-refractivity contribution is 0.0965. The topological polar surface area (TPSA) is 29.6 Å². The van der Waals surface area contributed by atoms with Crippen LogP contribution in [0.5, 0.6) is 0 Å². The number of carbonyl (C=O) groups is 1. The zero-order chi connectivity index (χ0) is 11.8. The molecule has 86 valence electrons. The molecule has 16 heavy (non-hydrogen) atoms. The van der Waals surface area contributed by atoms with Crippen LogP contribution in [-0.2, 0) is 10.3 Å². The van der Waals surface area contributed by atoms with Crippen molar-refractivity contribution in [1.82, 2.24) is 0 Å². The first-order chi connectivity index (χ1) is 7.53. The number of benzene rings is 1. The van der Waals surface area contributed by atoms with Gasteiger partial charge in [0.05, 0.1) is 6.61 Å². The third-order valence-electron chi connectivity index (χ3n) is 2.97. The molecule has 0 aliphatic carbocycles. The van der Waals surface area contributed by atoms with Gasteiger partial charge in [-0.3, -0.25) is 4.79 Å². The van der Waals surface area contributed by atoms with Gasteiger partial charge in [-0.2, -0.15) is 0 Å². The van der Waals surface area contributed by atoms with Crippen molar-refractivity contribution in [3.05, 3.63) is 35.4 Å². The fourth-order valence-electron chi connectivity index (χ4n) is 1.93. The first kappa shape index (κ1) is 11.3. The highest BCUT2D eigenvalue weighted by Gasteiger charge is 2.43. The van der Waals surface area contributed by atoms with Crippen molar-refractivity contribution >= 4 is 5.78 Å². The van der Waals surface area contributed by atoms with Gasteiger partial charge in [-0.05, 0) is 18.4 Å². The Bertz CT molecular complexity index is 403. The van der Waals surface area contributed by atoms with Gasteiger partial charge in [0.25, 0.3) is 0 Å². The molecule has 2 rings (SSSR count). The molecule has 1 unspecified atom stereocenters. The summed E-state index contributed by atoms with van der Waals surface area (Å²) < 4.78 is 5.43. The van der Waals surface area contributed by atoms with Crippen molar-refractivity contribution in [2.45, 2.75) is 32.8 Å². The SMILES string of the molecule is CC(C)CC(=O)c1ccccc1C1(C)CO1. The van der Waals surface area contributed by atoms with E-state index in [1.54, 1.807) is 0 Å². The summed E-state index contributed by atoms with van der Waals surface area (Å²) in [5.41, 5.74) is 1.65. The molecule has 1 fully saturated rings. The Morgan fingerprint density at radius 1 is 1.44 bits per heavy atom. The van der Waals surface area contributed by atoms with E-state index in [2.05, 4.69) is 13.8 Å². The molecule has 0 radical (unpaired) electrons. The number of carbonyl (C=O) groups excluding carboxylic acids is 1. The van der Waals surface area contributed by atoms with Crippen LogP contribution in [0.4, 0.5) is 0 Å². The van der Waals surface area contributed by atoms with Crippen molar-refractivity contribution in [3.63, 3.8) is 0 Å². The Kier molecular flexibility index (Phi) is 2.85. The fraction of sp³-hybridized carbons (Fsp3) is 0.500. The first-order valence-corrected chi connectivity index (χ1v) is 5.79. The van der Waals surface area contributed by atoms with Crippen LogP contribution in [0.3, 0.4) is 0 Å². The van der Waals surface area contributed by atoms with Crippen LogP contribution in [0.25, 0.3) is 0 Å². The monoisotopic (exact) mass is 218 g/mol. The summed E-state index contributed by atoms with van der Waals surface area (Å²) in [7, 11) is 0. The third kappa shape index (κ3) is 2.17. The van der Waals surface area contributed by atoms with Crippen molar-refractivity contribution in [3.8, 4) is 0 Å². The average Bonchev–Trinajstić information content (AvgIpc) is 2.97. The standard InChI is InChI=1S/C14H18O2/c1-10(2)8-13(15)11-6-4-5-7-12(11)14(3)9-16-14/h4-7,10H,8-9H2,1-3H3. The van der Waals surface area contributed by atoms with Gasteiger partial charge in [-0.15, -0.1) is 0 Å². The zero-order valence-electron chi connectivity index (χ0n) is 10.1. The van der Waals surface area contributed by atoms with Gasteiger partial charge in [-0.1, -0.05) is 38.1 Å². The van der Waals surface area contributed by atoms with E-state index in [1.165, 1.54) is 0 Å². The molecule has 1 heterocycles. The number of Topliss-reactive ketones (excluding diaryl/α,β-unsaturated/α-hetero) is 1. The highest BCUT2D eigenvalue weighted by atomic mass is 16.6. The van der Waals surface area contributed by atoms with Crippen LogP contribution < -0.4 is 0 Å². The molecular formula is C14H18O2. The number of ether oxygens (including phenoxy) is 1. The Morgan fingerprint density at radius 2 is 2.06 bits per heavy atom. The minimum Gasteiger partial charge on any atom is -0.365 e. The lowest BCUT2D eigenvalue weighted by Gasteiger charge is -2.12. The third-order valence-corrected chi connectivity index (χ3v) is 2.97. The van der Waals surface area contributed by atoms with Crippen LogP contribution in [0.15, 0.2) is 24.3 Å². The van der Waals surface area contributed by atoms with E-state index in [1.807, 2.05) is 31.2 Å². The average molecular weight is 218 g/mol. The molecule has 0 spiro atoms. The zero-order valence-corrected chi connectivity index (χ0v) is 10.1. The Balaban J connectivity index is 2.30. The smallest absolute Gasteiger partial charge is 0.163 e. The van der Waals surface area contributed by atoms with Crippen molar-refractivity contribution in [1.29, 1.82) is 0 Å². The molecule has 0 bridgehead atoms. The highest BCUT2D eigenvalue weighted by molar-refractivity contribution is 5.98. The van der Waals surface area contributed by atoms with Crippen LogP contribution in [0, 0.1) is 5.92 Å². The molecule has 2 nitrogen and oxygen atoms in total. The van der Waals surface area contributed by atoms with Gasteiger partial charge in [0, 0.05) is 12.0 Å². The summed E-state index contributed by atoms with van der Waals surface area (Å²) in [4.78, 5) is 12.1. The molecule has 0 N–H and O–H groups in total. The number of rotatable bonds is 4. The molecule has 0 aromatic heterocycles. The number of epoxide rings is 1. The van der Waals surface area contributed by atoms with Crippen LogP contribution in [0.1, 0.15) is 43.1 Å². The van der Waals surface area contributed by atoms with E-state index >= 15 is 0 Å². The summed E-state index contributed by atoms with van der Waals surface area (Å²) in [6.07, 6.45) is 0.604. The first-order valence-electron chi connectivity index (χ1n) is 5.79. The van der Waals surface area contributed by atoms with E-state index in [4.69, 9.17) is 4.74 Å². The second-order valence-corrected chi connectivity index (χ2v) is 5.09. The van der Waals surface area contributed by atoms with E-state index in [0.29, 0.717) is 12.3 Å². The molecule has 2 heteroatoms. The van der Waals surface area contributed by atoms with Gasteiger partial charge >= 0.3 is 0 Å². The minimum atomic E-state index is -0.219. The fourth-order valence-corrected chi connectivity index (χ4v) is 1.93. The normalized spacial score (nSPS) is 23.5. The lowest BCUT2D eigenvalue weighted by Crippen LogP contribution is -2.12. The van der Waals surface area contributed by atoms with Gasteiger partial charge in [0.2, 0.25) is 0 Å². The van der Waals surface area contributed by atoms with Crippen LogP contribution in [0.2, 0.25) is 0 Å². The van der Waals surface area contributed by atoms with Crippen molar-refractivity contribution < 1.29 is 9.53 Å². The van der Waals surface area contributed by atoms with E-state index in [-0.39, 0.29) is 11.4 Å². The molecule has 0 saturated carbocycles. The van der Waals surface area contributed by atoms with Gasteiger partial charge in [0.15, 0.2) is 5.78 Å². The van der Waals surface area contributed by atoms with Gasteiger partial charge < -0.3 is 4.74 Å². The highest BCUT2D eigenvalue weighted by Crippen LogP contribution is 2.40. The van der Waals surface area contributed by atoms with Crippen molar-refractivity contribution in [2.24, 2.45) is 5.92 Å². The molecule has 1 atom stereocenters. The summed E-state index contributed by atoms with van der Waals surface area (Å²) in [5.74, 6) is 0.621. The molecule has 1 saturated heterocycles. The maximum Gasteiger partial charge on any atom is 0.163 e. The maximum absolute atomic E-state index is 12.1. The quantitative estimate of drug-likeness (QED) is 0.574. The molecule has 1 aliphatic rings. The van der Waals surface area contributed by atoms with E-state index in [0.717, 1.165) is 17.7 Å². The predicted octanol–water partition coefficient (Wildman–Crippen LogP) is 3.16. The summed E-state index contributed by atoms with van der Waals surface area (Å²) in [6.45, 7) is 6.89. The molecule has 0 amide bonds. The molecule has 1 aliphatic heterocycles. The Morgan fingerprint density at radius 3 is 2.62 bits per heavy atom. The number of ketones is 1. The summed E-state index contributed by atoms with van der Waals surface area (Å²) >= 11 is 0.